The van der Waals surface area contributed by atoms with Gasteiger partial charge >= 0.3 is 0 Å². The molecule has 0 spiro atoms. The van der Waals surface area contributed by atoms with Crippen molar-refractivity contribution < 1.29 is 8.78 Å². The van der Waals surface area contributed by atoms with Crippen molar-refractivity contribution in [2.24, 2.45) is 0 Å². The molecular formula is C4H9F2N. The quantitative estimate of drug-likeness (QED) is 0.554. The predicted molar refractivity (Wildman–Crippen MR) is 24.5 cm³/mol. The summed E-state index contributed by atoms with van der Waals surface area (Å²) in [5, 5.41) is 2.41. The van der Waals surface area contributed by atoms with Crippen molar-refractivity contribution in [1.82, 2.24) is 5.32 Å². The molecule has 0 saturated heterocycles. The normalized spacial score (nSPS) is 15.0. The minimum Gasteiger partial charge on any atom is -0.312 e. The van der Waals surface area contributed by atoms with E-state index < -0.39 is 12.5 Å². The van der Waals surface area contributed by atoms with Crippen molar-refractivity contribution in [3.63, 3.8) is 0 Å². The second-order valence-electron chi connectivity index (χ2n) is 1.41. The average molecular weight is 109 g/mol. The molecule has 0 radical (unpaired) electrons. The van der Waals surface area contributed by atoms with E-state index in [0.29, 0.717) is 0 Å². The lowest BCUT2D eigenvalue weighted by atomic mass is 10.4. The molecule has 0 aromatic heterocycles. The summed E-state index contributed by atoms with van der Waals surface area (Å²) in [6, 6.07) is -0.681. The van der Waals surface area contributed by atoms with Crippen molar-refractivity contribution in [2.75, 3.05) is 7.05 Å². The van der Waals surface area contributed by atoms with Crippen LogP contribution >= 0.6 is 0 Å². The maximum atomic E-state index is 11.4. The summed E-state index contributed by atoms with van der Waals surface area (Å²) >= 11 is 0. The molecule has 7 heavy (non-hydrogen) atoms. The Bertz CT molecular complexity index is 47.0. The Hall–Kier alpha value is -0.180. The highest BCUT2D eigenvalue weighted by molar-refractivity contribution is 4.56. The van der Waals surface area contributed by atoms with Gasteiger partial charge in [-0.25, -0.2) is 8.78 Å². The summed E-state index contributed by atoms with van der Waals surface area (Å²) < 4.78 is 22.7. The summed E-state index contributed by atoms with van der Waals surface area (Å²) in [6.07, 6.45) is -2.25. The highest BCUT2D eigenvalue weighted by Crippen LogP contribution is 1.96. The minimum atomic E-state index is -2.25. The van der Waals surface area contributed by atoms with Gasteiger partial charge in [0.15, 0.2) is 0 Å². The van der Waals surface area contributed by atoms with Crippen LogP contribution < -0.4 is 5.32 Å². The number of alkyl halides is 2. The fourth-order valence-corrected chi connectivity index (χ4v) is 0.126. The maximum Gasteiger partial charge on any atom is 0.253 e. The minimum absolute atomic E-state index is 0.681. The second kappa shape index (κ2) is 2.91. The SMILES string of the molecule is CN[C@@H](C)C(F)F. The Morgan fingerprint density at radius 1 is 1.43 bits per heavy atom. The second-order valence-corrected chi connectivity index (χ2v) is 1.41. The van der Waals surface area contributed by atoms with Gasteiger partial charge in [-0.05, 0) is 14.0 Å². The van der Waals surface area contributed by atoms with Crippen LogP contribution in [0.4, 0.5) is 8.78 Å². The zero-order chi connectivity index (χ0) is 5.86. The number of hydrogen-bond acceptors (Lipinski definition) is 1. The van der Waals surface area contributed by atoms with E-state index in [1.165, 1.54) is 14.0 Å². The fourth-order valence-electron chi connectivity index (χ4n) is 0.126. The third kappa shape index (κ3) is 2.51. The van der Waals surface area contributed by atoms with Crippen molar-refractivity contribution >= 4 is 0 Å². The van der Waals surface area contributed by atoms with E-state index >= 15 is 0 Å². The third-order valence-electron chi connectivity index (χ3n) is 0.833. The molecule has 0 unspecified atom stereocenters. The van der Waals surface area contributed by atoms with E-state index in [1.54, 1.807) is 0 Å². The van der Waals surface area contributed by atoms with Crippen LogP contribution in [0.15, 0.2) is 0 Å². The van der Waals surface area contributed by atoms with Gasteiger partial charge in [-0.15, -0.1) is 0 Å². The standard InChI is InChI=1S/C4H9F2N/c1-3(7-2)4(5)6/h3-4,7H,1-2H3/t3-/m0/s1. The highest BCUT2D eigenvalue weighted by atomic mass is 19.3. The van der Waals surface area contributed by atoms with Crippen LogP contribution in [-0.2, 0) is 0 Å². The van der Waals surface area contributed by atoms with E-state index in [-0.39, 0.29) is 0 Å². The summed E-state index contributed by atoms with van der Waals surface area (Å²) in [6.45, 7) is 1.44. The van der Waals surface area contributed by atoms with Gasteiger partial charge in [0.1, 0.15) is 0 Å². The molecule has 1 nitrogen and oxygen atoms in total. The topological polar surface area (TPSA) is 12.0 Å². The molecule has 0 amide bonds. The summed E-state index contributed by atoms with van der Waals surface area (Å²) in [5.41, 5.74) is 0. The van der Waals surface area contributed by atoms with Crippen LogP contribution in [0.3, 0.4) is 0 Å². The number of nitrogens with one attached hydrogen (secondary N) is 1. The molecule has 0 aliphatic carbocycles. The van der Waals surface area contributed by atoms with E-state index in [4.69, 9.17) is 0 Å². The zero-order valence-corrected chi connectivity index (χ0v) is 4.41. The van der Waals surface area contributed by atoms with Gasteiger partial charge in [0.25, 0.3) is 6.43 Å². The molecule has 1 atom stereocenters. The fraction of sp³-hybridized carbons (Fsp3) is 1.00. The van der Waals surface area contributed by atoms with Crippen molar-refractivity contribution in [3.05, 3.63) is 0 Å². The largest absolute Gasteiger partial charge is 0.312 e. The molecule has 0 aliphatic rings. The first-order valence-electron chi connectivity index (χ1n) is 2.14. The third-order valence-corrected chi connectivity index (χ3v) is 0.833. The van der Waals surface area contributed by atoms with Gasteiger partial charge in [0.2, 0.25) is 0 Å². The molecule has 0 rings (SSSR count). The zero-order valence-electron chi connectivity index (χ0n) is 4.41. The summed E-state index contributed by atoms with van der Waals surface area (Å²) in [5.74, 6) is 0. The highest BCUT2D eigenvalue weighted by Gasteiger charge is 2.09. The van der Waals surface area contributed by atoms with Gasteiger partial charge in [-0.3, -0.25) is 0 Å². The van der Waals surface area contributed by atoms with Crippen LogP contribution in [-0.4, -0.2) is 19.5 Å². The number of halogens is 2. The van der Waals surface area contributed by atoms with Gasteiger partial charge < -0.3 is 5.32 Å². The Labute approximate surface area is 41.7 Å². The average Bonchev–Trinajstić information content (AvgIpc) is 1.65. The van der Waals surface area contributed by atoms with Crippen LogP contribution in [0, 0.1) is 0 Å². The van der Waals surface area contributed by atoms with E-state index in [9.17, 15) is 8.78 Å². The lowest BCUT2D eigenvalue weighted by molar-refractivity contribution is 0.110. The van der Waals surface area contributed by atoms with E-state index in [1.807, 2.05) is 0 Å². The van der Waals surface area contributed by atoms with E-state index in [2.05, 4.69) is 5.32 Å². The van der Waals surface area contributed by atoms with Crippen LogP contribution in [0.1, 0.15) is 6.92 Å². The summed E-state index contributed by atoms with van der Waals surface area (Å²) in [7, 11) is 1.51. The monoisotopic (exact) mass is 109 g/mol. The molecule has 3 heteroatoms. The van der Waals surface area contributed by atoms with Crippen LogP contribution in [0.2, 0.25) is 0 Å². The first-order chi connectivity index (χ1) is 3.18. The van der Waals surface area contributed by atoms with Crippen molar-refractivity contribution in [3.8, 4) is 0 Å². The maximum absolute atomic E-state index is 11.4. The number of hydrogen-bond donors (Lipinski definition) is 1. The number of rotatable bonds is 2. The molecule has 1 N–H and O–H groups in total. The molecule has 0 aromatic rings. The lowest BCUT2D eigenvalue weighted by Gasteiger charge is -2.05. The molecule has 0 aliphatic heterocycles. The molecule has 0 aromatic carbocycles. The molecule has 0 fully saturated rings. The van der Waals surface area contributed by atoms with Gasteiger partial charge in [-0.2, -0.15) is 0 Å². The molecule has 0 saturated carbocycles. The van der Waals surface area contributed by atoms with Gasteiger partial charge in [0.05, 0.1) is 6.04 Å². The smallest absolute Gasteiger partial charge is 0.253 e. The predicted octanol–water partition coefficient (Wildman–Crippen LogP) is 0.859. The Morgan fingerprint density at radius 2 is 1.86 bits per heavy atom. The summed E-state index contributed by atoms with van der Waals surface area (Å²) in [4.78, 5) is 0. The van der Waals surface area contributed by atoms with Crippen molar-refractivity contribution in [2.45, 2.75) is 19.4 Å². The Balaban J connectivity index is 3.14. The first-order valence-corrected chi connectivity index (χ1v) is 2.14. The Morgan fingerprint density at radius 3 is 1.86 bits per heavy atom. The van der Waals surface area contributed by atoms with Crippen LogP contribution in [0.5, 0.6) is 0 Å². The van der Waals surface area contributed by atoms with Crippen LogP contribution in [0.25, 0.3) is 0 Å². The van der Waals surface area contributed by atoms with E-state index in [0.717, 1.165) is 0 Å². The molecule has 0 heterocycles. The van der Waals surface area contributed by atoms with Gasteiger partial charge in [-0.1, -0.05) is 0 Å². The lowest BCUT2D eigenvalue weighted by Crippen LogP contribution is -2.28. The van der Waals surface area contributed by atoms with Gasteiger partial charge in [0, 0.05) is 0 Å². The molecule has 44 valence electrons. The Kier molecular flexibility index (Phi) is 2.83. The molecular weight excluding hydrogens is 100 g/mol. The molecule has 0 bridgehead atoms. The van der Waals surface area contributed by atoms with Crippen molar-refractivity contribution in [1.29, 1.82) is 0 Å². The first kappa shape index (κ1) is 6.82.